The van der Waals surface area contributed by atoms with Crippen molar-refractivity contribution in [1.82, 2.24) is 10.6 Å². The Bertz CT molecular complexity index is 985. The predicted octanol–water partition coefficient (Wildman–Crippen LogP) is 4.74. The number of halogens is 4. The molecule has 1 saturated heterocycles. The molecule has 0 aliphatic carbocycles. The van der Waals surface area contributed by atoms with Crippen molar-refractivity contribution < 1.29 is 27.9 Å². The van der Waals surface area contributed by atoms with Gasteiger partial charge in [0.25, 0.3) is 0 Å². The van der Waals surface area contributed by atoms with E-state index in [1.54, 1.807) is 24.3 Å². The molecule has 3 N–H and O–H groups in total. The van der Waals surface area contributed by atoms with Gasteiger partial charge in [-0.05, 0) is 40.8 Å². The molecule has 0 radical (unpaired) electrons. The highest BCUT2D eigenvalue weighted by Crippen LogP contribution is 2.44. The van der Waals surface area contributed by atoms with Gasteiger partial charge >= 0.3 is 12.2 Å². The van der Waals surface area contributed by atoms with Crippen LogP contribution in [0.1, 0.15) is 48.3 Å². The third-order valence-corrected chi connectivity index (χ3v) is 5.61. The first-order chi connectivity index (χ1) is 14.2. The van der Waals surface area contributed by atoms with Gasteiger partial charge in [0.05, 0.1) is 6.04 Å². The fraction of sp³-hybridized carbons (Fsp3) is 0.364. The van der Waals surface area contributed by atoms with Crippen molar-refractivity contribution in [3.8, 4) is 0 Å². The van der Waals surface area contributed by atoms with Crippen LogP contribution in [0.25, 0.3) is 0 Å². The van der Waals surface area contributed by atoms with E-state index in [2.05, 4.69) is 5.32 Å². The Morgan fingerprint density at radius 1 is 1.03 bits per heavy atom. The standard InChI is InChI=1S/C22H22ClF3N2O3/c1-20(2,3)14-8-4-12(5-9-14)17-16(18(29)13-6-10-15(23)11-7-13)21(31,22(24,25)26)28-19(30)27-17/h4-11,16-17,31H,1-3H3,(H2,27,28,30)/t16-,17-,21-/m0/s1. The molecule has 2 aromatic carbocycles. The summed E-state index contributed by atoms with van der Waals surface area (Å²) in [5.41, 5.74) is -2.87. The van der Waals surface area contributed by atoms with Crippen LogP contribution in [0.15, 0.2) is 48.5 Å². The van der Waals surface area contributed by atoms with Crippen LogP contribution in [0.4, 0.5) is 18.0 Å². The van der Waals surface area contributed by atoms with Gasteiger partial charge in [0, 0.05) is 10.6 Å². The molecule has 1 aliphatic heterocycles. The topological polar surface area (TPSA) is 78.4 Å². The van der Waals surface area contributed by atoms with Crippen molar-refractivity contribution in [2.24, 2.45) is 5.92 Å². The summed E-state index contributed by atoms with van der Waals surface area (Å²) < 4.78 is 41.8. The molecule has 0 bridgehead atoms. The number of urea groups is 1. The molecule has 1 heterocycles. The molecule has 9 heteroatoms. The van der Waals surface area contributed by atoms with E-state index in [4.69, 9.17) is 11.6 Å². The normalized spacial score (nSPS) is 24.3. The molecule has 31 heavy (non-hydrogen) atoms. The van der Waals surface area contributed by atoms with Gasteiger partial charge in [-0.25, -0.2) is 4.79 Å². The summed E-state index contributed by atoms with van der Waals surface area (Å²) >= 11 is 5.82. The number of alkyl halides is 3. The van der Waals surface area contributed by atoms with Gasteiger partial charge < -0.3 is 15.7 Å². The summed E-state index contributed by atoms with van der Waals surface area (Å²) in [6.45, 7) is 5.93. The molecule has 166 valence electrons. The van der Waals surface area contributed by atoms with E-state index < -0.39 is 35.7 Å². The second-order valence-corrected chi connectivity index (χ2v) is 9.00. The number of rotatable bonds is 3. The van der Waals surface area contributed by atoms with Crippen molar-refractivity contribution >= 4 is 23.4 Å². The Hall–Kier alpha value is -2.58. The molecule has 1 fully saturated rings. The molecule has 2 amide bonds. The number of benzene rings is 2. The van der Waals surface area contributed by atoms with Gasteiger partial charge in [-0.1, -0.05) is 56.6 Å². The maximum Gasteiger partial charge on any atom is 0.437 e. The first-order valence-corrected chi connectivity index (χ1v) is 9.90. The lowest BCUT2D eigenvalue weighted by molar-refractivity contribution is -0.287. The van der Waals surface area contributed by atoms with Crippen LogP contribution in [-0.4, -0.2) is 28.8 Å². The zero-order valence-corrected chi connectivity index (χ0v) is 17.8. The summed E-state index contributed by atoms with van der Waals surface area (Å²) in [5, 5.41) is 14.8. The van der Waals surface area contributed by atoms with Gasteiger partial charge in [-0.15, -0.1) is 0 Å². The van der Waals surface area contributed by atoms with Crippen LogP contribution in [0.2, 0.25) is 5.02 Å². The number of nitrogens with one attached hydrogen (secondary N) is 2. The number of Topliss-reactive ketones (excluding diaryl/α,β-unsaturated/α-hetero) is 1. The first kappa shape index (κ1) is 23.1. The Kier molecular flexibility index (Phi) is 5.84. The lowest BCUT2D eigenvalue weighted by atomic mass is 9.76. The third-order valence-electron chi connectivity index (χ3n) is 5.35. The monoisotopic (exact) mass is 454 g/mol. The molecule has 0 saturated carbocycles. The average molecular weight is 455 g/mol. The lowest BCUT2D eigenvalue weighted by Gasteiger charge is -2.45. The lowest BCUT2D eigenvalue weighted by Crippen LogP contribution is -2.72. The molecule has 0 spiro atoms. The third kappa shape index (κ3) is 4.41. The minimum Gasteiger partial charge on any atom is -0.363 e. The van der Waals surface area contributed by atoms with E-state index in [-0.39, 0.29) is 16.5 Å². The highest BCUT2D eigenvalue weighted by molar-refractivity contribution is 6.30. The van der Waals surface area contributed by atoms with Crippen molar-refractivity contribution in [2.75, 3.05) is 0 Å². The minimum atomic E-state index is -5.30. The highest BCUT2D eigenvalue weighted by Gasteiger charge is 2.66. The molecule has 0 unspecified atom stereocenters. The van der Waals surface area contributed by atoms with Crippen LogP contribution in [-0.2, 0) is 5.41 Å². The van der Waals surface area contributed by atoms with E-state index in [1.807, 2.05) is 20.8 Å². The number of carbonyl (C=O) groups excluding carboxylic acids is 2. The number of carbonyl (C=O) groups is 2. The van der Waals surface area contributed by atoms with Crippen LogP contribution >= 0.6 is 11.6 Å². The molecular formula is C22H22ClF3N2O3. The Morgan fingerprint density at radius 2 is 1.58 bits per heavy atom. The quantitative estimate of drug-likeness (QED) is 0.586. The average Bonchev–Trinajstić information content (AvgIpc) is 2.66. The number of hydrogen-bond acceptors (Lipinski definition) is 3. The Labute approximate surface area is 182 Å². The zero-order chi connectivity index (χ0) is 23.2. The second-order valence-electron chi connectivity index (χ2n) is 8.56. The molecule has 5 nitrogen and oxygen atoms in total. The first-order valence-electron chi connectivity index (χ1n) is 9.52. The van der Waals surface area contributed by atoms with Gasteiger partial charge in [0.2, 0.25) is 5.72 Å². The molecule has 2 aromatic rings. The SMILES string of the molecule is CC(C)(C)c1ccc([C@@H]2NC(=O)N[C@@](O)(C(F)(F)F)[C@@H]2C(=O)c2ccc(Cl)cc2)cc1. The summed E-state index contributed by atoms with van der Waals surface area (Å²) in [6.07, 6.45) is -5.30. The summed E-state index contributed by atoms with van der Waals surface area (Å²) in [7, 11) is 0. The number of ketones is 1. The zero-order valence-electron chi connectivity index (χ0n) is 17.0. The van der Waals surface area contributed by atoms with E-state index in [9.17, 15) is 27.9 Å². The van der Waals surface area contributed by atoms with E-state index in [0.717, 1.165) is 5.56 Å². The largest absolute Gasteiger partial charge is 0.437 e. The van der Waals surface area contributed by atoms with Crippen molar-refractivity contribution in [3.63, 3.8) is 0 Å². The van der Waals surface area contributed by atoms with Gasteiger partial charge in [0.15, 0.2) is 5.78 Å². The van der Waals surface area contributed by atoms with Gasteiger partial charge in [-0.2, -0.15) is 13.2 Å². The van der Waals surface area contributed by atoms with Crippen molar-refractivity contribution in [3.05, 3.63) is 70.2 Å². The predicted molar refractivity (Wildman–Crippen MR) is 110 cm³/mol. The van der Waals surface area contributed by atoms with E-state index in [1.165, 1.54) is 29.6 Å². The van der Waals surface area contributed by atoms with Crippen LogP contribution in [0.5, 0.6) is 0 Å². The second kappa shape index (κ2) is 7.84. The highest BCUT2D eigenvalue weighted by atomic mass is 35.5. The Balaban J connectivity index is 2.13. The maximum atomic E-state index is 13.9. The summed E-state index contributed by atoms with van der Waals surface area (Å²) in [6, 6.07) is 9.18. The number of amides is 2. The van der Waals surface area contributed by atoms with Crippen LogP contribution in [0.3, 0.4) is 0 Å². The molecule has 0 aromatic heterocycles. The minimum absolute atomic E-state index is 0.0775. The van der Waals surface area contributed by atoms with Crippen LogP contribution < -0.4 is 10.6 Å². The van der Waals surface area contributed by atoms with Gasteiger partial charge in [-0.3, -0.25) is 4.79 Å². The summed E-state index contributed by atoms with van der Waals surface area (Å²) in [4.78, 5) is 25.3. The summed E-state index contributed by atoms with van der Waals surface area (Å²) in [5.74, 6) is -3.07. The van der Waals surface area contributed by atoms with Crippen LogP contribution in [0, 0.1) is 5.92 Å². The fourth-order valence-electron chi connectivity index (χ4n) is 3.60. The van der Waals surface area contributed by atoms with E-state index >= 15 is 0 Å². The number of aliphatic hydroxyl groups is 1. The maximum absolute atomic E-state index is 13.9. The number of hydrogen-bond donors (Lipinski definition) is 3. The van der Waals surface area contributed by atoms with Crippen molar-refractivity contribution in [1.29, 1.82) is 0 Å². The fourth-order valence-corrected chi connectivity index (χ4v) is 3.73. The smallest absolute Gasteiger partial charge is 0.363 e. The molecule has 3 rings (SSSR count). The van der Waals surface area contributed by atoms with Crippen molar-refractivity contribution in [2.45, 2.75) is 44.1 Å². The Morgan fingerprint density at radius 3 is 2.06 bits per heavy atom. The molecule has 1 aliphatic rings. The molecular weight excluding hydrogens is 433 g/mol. The van der Waals surface area contributed by atoms with E-state index in [0.29, 0.717) is 5.02 Å². The van der Waals surface area contributed by atoms with Gasteiger partial charge in [0.1, 0.15) is 5.92 Å². The molecule has 3 atom stereocenters.